The van der Waals surface area contributed by atoms with E-state index < -0.39 is 0 Å². The van der Waals surface area contributed by atoms with Gasteiger partial charge in [0.2, 0.25) is 0 Å². The van der Waals surface area contributed by atoms with Crippen LogP contribution in [-0.2, 0) is 4.79 Å². The first-order valence-corrected chi connectivity index (χ1v) is 5.58. The van der Waals surface area contributed by atoms with Crippen molar-refractivity contribution in [1.82, 2.24) is 0 Å². The molecule has 0 amide bonds. The van der Waals surface area contributed by atoms with Crippen LogP contribution in [0.2, 0.25) is 0 Å². The van der Waals surface area contributed by atoms with Crippen molar-refractivity contribution in [2.75, 3.05) is 0 Å². The molecule has 3 nitrogen and oxygen atoms in total. The molecule has 0 aliphatic rings. The molecule has 0 fully saturated rings. The molecule has 0 aromatic heterocycles. The molecule has 0 heterocycles. The summed E-state index contributed by atoms with van der Waals surface area (Å²) in [6, 6.07) is 5.22. The molecule has 1 N–H and O–H groups in total. The highest BCUT2D eigenvalue weighted by Crippen LogP contribution is 2.34. The number of aromatic hydroxyl groups is 1. The number of ether oxygens (including phenoxy) is 1. The van der Waals surface area contributed by atoms with Crippen molar-refractivity contribution in [2.45, 2.75) is 39.5 Å². The summed E-state index contributed by atoms with van der Waals surface area (Å²) in [5.74, 6) is 0.218. The number of phenolic OH excluding ortho intramolecular Hbond substituents is 1. The van der Waals surface area contributed by atoms with Gasteiger partial charge in [-0.05, 0) is 18.4 Å². The fourth-order valence-electron chi connectivity index (χ4n) is 1.47. The van der Waals surface area contributed by atoms with Crippen LogP contribution in [0.15, 0.2) is 18.2 Å². The minimum Gasteiger partial charge on any atom is -0.504 e. The highest BCUT2D eigenvalue weighted by Gasteiger charge is 2.13. The topological polar surface area (TPSA) is 46.5 Å². The Morgan fingerprint density at radius 1 is 1.44 bits per heavy atom. The van der Waals surface area contributed by atoms with Crippen molar-refractivity contribution >= 4 is 5.97 Å². The predicted molar refractivity (Wildman–Crippen MR) is 62.7 cm³/mol. The van der Waals surface area contributed by atoms with Crippen LogP contribution in [0, 0.1) is 0 Å². The third-order valence-corrected chi connectivity index (χ3v) is 2.33. The molecule has 0 unspecified atom stereocenters. The molecule has 0 saturated carbocycles. The monoisotopic (exact) mass is 222 g/mol. The van der Waals surface area contributed by atoms with Gasteiger partial charge in [0.25, 0.3) is 0 Å². The van der Waals surface area contributed by atoms with E-state index in [0.29, 0.717) is 6.42 Å². The lowest BCUT2D eigenvalue weighted by Gasteiger charge is -2.11. The summed E-state index contributed by atoms with van der Waals surface area (Å²) in [6.45, 7) is 5.87. The summed E-state index contributed by atoms with van der Waals surface area (Å²) in [5.41, 5.74) is 0.793. The van der Waals surface area contributed by atoms with E-state index in [1.54, 1.807) is 12.1 Å². The van der Waals surface area contributed by atoms with Gasteiger partial charge in [0.1, 0.15) is 0 Å². The smallest absolute Gasteiger partial charge is 0.311 e. The molecule has 1 rings (SSSR count). The molecular weight excluding hydrogens is 204 g/mol. The quantitative estimate of drug-likeness (QED) is 0.628. The Labute approximate surface area is 96.1 Å². The van der Waals surface area contributed by atoms with E-state index in [1.165, 1.54) is 0 Å². The Morgan fingerprint density at radius 2 is 2.12 bits per heavy atom. The van der Waals surface area contributed by atoms with Gasteiger partial charge in [0, 0.05) is 12.0 Å². The van der Waals surface area contributed by atoms with Crippen LogP contribution in [0.1, 0.15) is 45.1 Å². The second-order valence-corrected chi connectivity index (χ2v) is 4.07. The number of hydrogen-bond donors (Lipinski definition) is 1. The maximum atomic E-state index is 11.3. The van der Waals surface area contributed by atoms with E-state index in [1.807, 2.05) is 26.8 Å². The molecule has 0 spiro atoms. The zero-order valence-electron chi connectivity index (χ0n) is 9.99. The Bertz CT molecular complexity index is 369. The minimum atomic E-state index is -0.307. The Balaban J connectivity index is 2.89. The van der Waals surface area contributed by atoms with Crippen LogP contribution < -0.4 is 4.74 Å². The number of para-hydroxylation sites is 1. The first kappa shape index (κ1) is 12.6. The summed E-state index contributed by atoms with van der Waals surface area (Å²) < 4.78 is 5.09. The van der Waals surface area contributed by atoms with E-state index in [4.69, 9.17) is 4.74 Å². The van der Waals surface area contributed by atoms with Crippen LogP contribution in [-0.4, -0.2) is 11.1 Å². The highest BCUT2D eigenvalue weighted by atomic mass is 16.5. The van der Waals surface area contributed by atoms with Crippen molar-refractivity contribution < 1.29 is 14.6 Å². The number of benzene rings is 1. The molecule has 1 aromatic carbocycles. The van der Waals surface area contributed by atoms with Gasteiger partial charge >= 0.3 is 5.97 Å². The number of esters is 1. The largest absolute Gasteiger partial charge is 0.504 e. The summed E-state index contributed by atoms with van der Waals surface area (Å²) in [7, 11) is 0. The summed E-state index contributed by atoms with van der Waals surface area (Å²) in [5, 5.41) is 9.90. The van der Waals surface area contributed by atoms with Crippen LogP contribution >= 0.6 is 0 Å². The molecular formula is C13H18O3. The maximum Gasteiger partial charge on any atom is 0.311 e. The lowest BCUT2D eigenvalue weighted by Crippen LogP contribution is -2.07. The van der Waals surface area contributed by atoms with E-state index in [-0.39, 0.29) is 23.4 Å². The minimum absolute atomic E-state index is 0.0713. The van der Waals surface area contributed by atoms with E-state index in [9.17, 15) is 9.90 Å². The zero-order valence-corrected chi connectivity index (χ0v) is 9.99. The van der Waals surface area contributed by atoms with Crippen molar-refractivity contribution in [2.24, 2.45) is 0 Å². The second-order valence-electron chi connectivity index (χ2n) is 4.07. The van der Waals surface area contributed by atoms with Crippen LogP contribution in [0.4, 0.5) is 0 Å². The number of phenols is 1. The van der Waals surface area contributed by atoms with Gasteiger partial charge < -0.3 is 9.84 Å². The van der Waals surface area contributed by atoms with E-state index in [0.717, 1.165) is 12.0 Å². The average Bonchev–Trinajstić information content (AvgIpc) is 2.21. The zero-order chi connectivity index (χ0) is 12.1. The standard InChI is InChI=1S/C13H18O3/c1-4-6-12(14)16-11-8-5-7-10(9(2)3)13(11)15/h5,7-9,15H,4,6H2,1-3H3. The van der Waals surface area contributed by atoms with Crippen molar-refractivity contribution in [3.05, 3.63) is 23.8 Å². The average molecular weight is 222 g/mol. The number of hydrogen-bond acceptors (Lipinski definition) is 3. The van der Waals surface area contributed by atoms with Crippen LogP contribution in [0.5, 0.6) is 11.5 Å². The lowest BCUT2D eigenvalue weighted by molar-refractivity contribution is -0.134. The second kappa shape index (κ2) is 5.54. The third-order valence-electron chi connectivity index (χ3n) is 2.33. The lowest BCUT2D eigenvalue weighted by atomic mass is 10.0. The molecule has 1 aromatic rings. The molecule has 16 heavy (non-hydrogen) atoms. The summed E-state index contributed by atoms with van der Waals surface area (Å²) in [6.07, 6.45) is 1.11. The van der Waals surface area contributed by atoms with E-state index in [2.05, 4.69) is 0 Å². The van der Waals surface area contributed by atoms with Gasteiger partial charge in [-0.25, -0.2) is 0 Å². The normalized spacial score (nSPS) is 10.5. The molecule has 3 heteroatoms. The number of carbonyl (C=O) groups excluding carboxylic acids is 1. The molecule has 0 radical (unpaired) electrons. The van der Waals surface area contributed by atoms with Gasteiger partial charge in [-0.15, -0.1) is 0 Å². The van der Waals surface area contributed by atoms with Gasteiger partial charge in [-0.2, -0.15) is 0 Å². The molecule has 88 valence electrons. The molecule has 0 atom stereocenters. The van der Waals surface area contributed by atoms with Crippen LogP contribution in [0.3, 0.4) is 0 Å². The maximum absolute atomic E-state index is 11.3. The Hall–Kier alpha value is -1.51. The summed E-state index contributed by atoms with van der Waals surface area (Å²) in [4.78, 5) is 11.3. The third kappa shape index (κ3) is 2.99. The first-order chi connectivity index (χ1) is 7.56. The van der Waals surface area contributed by atoms with Gasteiger partial charge in [0.05, 0.1) is 0 Å². The van der Waals surface area contributed by atoms with Gasteiger partial charge in [0.15, 0.2) is 11.5 Å². The molecule has 0 aliphatic carbocycles. The summed E-state index contributed by atoms with van der Waals surface area (Å²) >= 11 is 0. The fraction of sp³-hybridized carbons (Fsp3) is 0.462. The number of rotatable bonds is 4. The Kier molecular flexibility index (Phi) is 4.35. The van der Waals surface area contributed by atoms with Gasteiger partial charge in [-0.3, -0.25) is 4.79 Å². The molecule has 0 aliphatic heterocycles. The van der Waals surface area contributed by atoms with Crippen molar-refractivity contribution in [1.29, 1.82) is 0 Å². The first-order valence-electron chi connectivity index (χ1n) is 5.58. The predicted octanol–water partition coefficient (Wildman–Crippen LogP) is 3.22. The molecule has 0 bridgehead atoms. The fourth-order valence-corrected chi connectivity index (χ4v) is 1.47. The van der Waals surface area contributed by atoms with Crippen LogP contribution in [0.25, 0.3) is 0 Å². The van der Waals surface area contributed by atoms with Gasteiger partial charge in [-0.1, -0.05) is 32.9 Å². The molecule has 0 saturated heterocycles. The SMILES string of the molecule is CCCC(=O)Oc1cccc(C(C)C)c1O. The van der Waals surface area contributed by atoms with E-state index >= 15 is 0 Å². The Morgan fingerprint density at radius 3 is 2.69 bits per heavy atom. The number of carbonyl (C=O) groups is 1. The van der Waals surface area contributed by atoms with Crippen molar-refractivity contribution in [3.8, 4) is 11.5 Å². The van der Waals surface area contributed by atoms with Crippen molar-refractivity contribution in [3.63, 3.8) is 0 Å². The highest BCUT2D eigenvalue weighted by molar-refractivity contribution is 5.73.